The van der Waals surface area contributed by atoms with Crippen molar-refractivity contribution in [1.29, 1.82) is 0 Å². The van der Waals surface area contributed by atoms with E-state index in [0.29, 0.717) is 12.2 Å². The smallest absolute Gasteiger partial charge is 0.413 e. The molecule has 2 rings (SSSR count). The standard InChI is InChI=1S/C15H19FN6O3S/c1-4-24-9(3)22-7-10(6-19-22)12-11(16)13(18-8-17-12)20-14(26)21-15(23)25-5-2/h6-9H,4-5H2,1-3H3,(H2,17,18,20,21,23,26). The first-order valence-corrected chi connectivity index (χ1v) is 8.28. The highest BCUT2D eigenvalue weighted by atomic mass is 32.1. The van der Waals surface area contributed by atoms with Crippen molar-refractivity contribution in [2.45, 2.75) is 27.0 Å². The lowest BCUT2D eigenvalue weighted by molar-refractivity contribution is 0.0160. The van der Waals surface area contributed by atoms with Crippen LogP contribution in [0.1, 0.15) is 27.0 Å². The van der Waals surface area contributed by atoms with Crippen molar-refractivity contribution in [3.8, 4) is 11.3 Å². The van der Waals surface area contributed by atoms with Gasteiger partial charge in [0.25, 0.3) is 0 Å². The summed E-state index contributed by atoms with van der Waals surface area (Å²) < 4.78 is 26.4. The summed E-state index contributed by atoms with van der Waals surface area (Å²) in [5, 5.41) is 8.75. The molecule has 0 saturated heterocycles. The van der Waals surface area contributed by atoms with Crippen LogP contribution in [0.15, 0.2) is 18.7 Å². The Morgan fingerprint density at radius 1 is 1.38 bits per heavy atom. The van der Waals surface area contributed by atoms with Gasteiger partial charge in [0.15, 0.2) is 16.7 Å². The molecule has 0 aromatic carbocycles. The molecule has 2 aromatic rings. The molecular formula is C15H19FN6O3S. The van der Waals surface area contributed by atoms with Crippen LogP contribution in [0.2, 0.25) is 0 Å². The van der Waals surface area contributed by atoms with E-state index >= 15 is 0 Å². The third kappa shape index (κ3) is 4.92. The zero-order valence-corrected chi connectivity index (χ0v) is 15.3. The van der Waals surface area contributed by atoms with Crippen molar-refractivity contribution in [1.82, 2.24) is 25.1 Å². The van der Waals surface area contributed by atoms with E-state index in [2.05, 4.69) is 25.7 Å². The molecule has 2 N–H and O–H groups in total. The van der Waals surface area contributed by atoms with Crippen molar-refractivity contribution < 1.29 is 18.7 Å². The minimum absolute atomic E-state index is 0.0383. The summed E-state index contributed by atoms with van der Waals surface area (Å²) in [7, 11) is 0. The Bertz CT molecular complexity index is 784. The quantitative estimate of drug-likeness (QED) is 0.735. The van der Waals surface area contributed by atoms with E-state index in [-0.39, 0.29) is 29.5 Å². The van der Waals surface area contributed by atoms with E-state index in [1.54, 1.807) is 17.8 Å². The summed E-state index contributed by atoms with van der Waals surface area (Å²) >= 11 is 4.93. The minimum atomic E-state index is -0.745. The molecule has 2 heterocycles. The highest BCUT2D eigenvalue weighted by molar-refractivity contribution is 7.80. The van der Waals surface area contributed by atoms with Crippen LogP contribution in [0.4, 0.5) is 15.0 Å². The summed E-state index contributed by atoms with van der Waals surface area (Å²) in [5.41, 5.74) is 0.486. The highest BCUT2D eigenvalue weighted by Gasteiger charge is 2.17. The maximum Gasteiger partial charge on any atom is 0.413 e. The van der Waals surface area contributed by atoms with Crippen molar-refractivity contribution in [2.75, 3.05) is 18.5 Å². The SMILES string of the molecule is CCOC(=O)NC(=S)Nc1ncnc(-c2cnn(C(C)OCC)c2)c1F. The fourth-order valence-electron chi connectivity index (χ4n) is 2.03. The largest absolute Gasteiger partial charge is 0.450 e. The number of nitrogens with zero attached hydrogens (tertiary/aromatic N) is 4. The van der Waals surface area contributed by atoms with Gasteiger partial charge >= 0.3 is 6.09 Å². The number of carbonyl (C=O) groups excluding carboxylic acids is 1. The van der Waals surface area contributed by atoms with Crippen molar-refractivity contribution in [2.24, 2.45) is 0 Å². The number of alkyl carbamates (subject to hydrolysis) is 1. The Morgan fingerprint density at radius 3 is 2.85 bits per heavy atom. The average molecular weight is 382 g/mol. The molecule has 1 amide bonds. The van der Waals surface area contributed by atoms with Crippen molar-refractivity contribution in [3.63, 3.8) is 0 Å². The Kier molecular flexibility index (Phi) is 6.92. The number of thiocarbonyl (C=S) groups is 1. The van der Waals surface area contributed by atoms with Crippen LogP contribution in [0.3, 0.4) is 0 Å². The maximum absolute atomic E-state index is 14.7. The molecule has 26 heavy (non-hydrogen) atoms. The molecule has 0 aliphatic rings. The fraction of sp³-hybridized carbons (Fsp3) is 0.400. The first-order chi connectivity index (χ1) is 12.5. The van der Waals surface area contributed by atoms with Gasteiger partial charge in [-0.05, 0) is 33.0 Å². The molecular weight excluding hydrogens is 363 g/mol. The van der Waals surface area contributed by atoms with Crippen LogP contribution in [-0.4, -0.2) is 44.2 Å². The summed E-state index contributed by atoms with van der Waals surface area (Å²) in [6, 6.07) is 0. The second-order valence-corrected chi connectivity index (χ2v) is 5.36. The zero-order valence-electron chi connectivity index (χ0n) is 14.5. The average Bonchev–Trinajstić information content (AvgIpc) is 3.07. The van der Waals surface area contributed by atoms with Gasteiger partial charge in [0.1, 0.15) is 18.2 Å². The van der Waals surface area contributed by atoms with Gasteiger partial charge in [-0.1, -0.05) is 0 Å². The van der Waals surface area contributed by atoms with Gasteiger partial charge in [-0.15, -0.1) is 0 Å². The Labute approximate surface area is 154 Å². The lowest BCUT2D eigenvalue weighted by Gasteiger charge is -2.11. The van der Waals surface area contributed by atoms with Gasteiger partial charge in [0.2, 0.25) is 0 Å². The minimum Gasteiger partial charge on any atom is -0.450 e. The molecule has 1 atom stereocenters. The van der Waals surface area contributed by atoms with E-state index in [1.165, 1.54) is 12.5 Å². The number of anilines is 1. The number of rotatable bonds is 6. The van der Waals surface area contributed by atoms with Gasteiger partial charge in [-0.2, -0.15) is 5.10 Å². The molecule has 0 radical (unpaired) electrons. The molecule has 0 aliphatic carbocycles. The van der Waals surface area contributed by atoms with Crippen LogP contribution in [0.25, 0.3) is 11.3 Å². The van der Waals surface area contributed by atoms with Gasteiger partial charge < -0.3 is 14.8 Å². The first-order valence-electron chi connectivity index (χ1n) is 7.87. The third-order valence-corrected chi connectivity index (χ3v) is 3.37. The number of nitrogens with one attached hydrogen (secondary N) is 2. The van der Waals surface area contributed by atoms with Gasteiger partial charge in [0.05, 0.1) is 12.8 Å². The van der Waals surface area contributed by atoms with Crippen LogP contribution < -0.4 is 10.6 Å². The monoisotopic (exact) mass is 382 g/mol. The summed E-state index contributed by atoms with van der Waals surface area (Å²) in [4.78, 5) is 19.1. The van der Waals surface area contributed by atoms with E-state index < -0.39 is 11.9 Å². The lowest BCUT2D eigenvalue weighted by atomic mass is 10.2. The first kappa shape index (κ1) is 19.7. The number of aromatic nitrogens is 4. The van der Waals surface area contributed by atoms with E-state index in [9.17, 15) is 9.18 Å². The second kappa shape index (κ2) is 9.15. The molecule has 140 valence electrons. The van der Waals surface area contributed by atoms with Crippen molar-refractivity contribution >= 4 is 29.2 Å². The van der Waals surface area contributed by atoms with Gasteiger partial charge in [0, 0.05) is 18.4 Å². The van der Waals surface area contributed by atoms with Gasteiger partial charge in [-0.3, -0.25) is 5.32 Å². The Hall–Kier alpha value is -2.66. The van der Waals surface area contributed by atoms with Crippen molar-refractivity contribution in [3.05, 3.63) is 24.5 Å². The lowest BCUT2D eigenvalue weighted by Crippen LogP contribution is -2.35. The summed E-state index contributed by atoms with van der Waals surface area (Å²) in [6.45, 7) is 6.06. The third-order valence-electron chi connectivity index (χ3n) is 3.17. The highest BCUT2D eigenvalue weighted by Crippen LogP contribution is 2.24. The maximum atomic E-state index is 14.7. The number of hydrogen-bond donors (Lipinski definition) is 2. The number of carbonyl (C=O) groups is 1. The molecule has 2 aromatic heterocycles. The van der Waals surface area contributed by atoms with E-state index in [4.69, 9.17) is 21.7 Å². The molecule has 0 saturated carbocycles. The fourth-order valence-corrected chi connectivity index (χ4v) is 2.21. The topological polar surface area (TPSA) is 103 Å². The van der Waals surface area contributed by atoms with Crippen LogP contribution in [0, 0.1) is 5.82 Å². The zero-order chi connectivity index (χ0) is 19.1. The van der Waals surface area contributed by atoms with Crippen LogP contribution >= 0.6 is 12.2 Å². The molecule has 1 unspecified atom stereocenters. The van der Waals surface area contributed by atoms with Crippen LogP contribution in [-0.2, 0) is 9.47 Å². The molecule has 0 fully saturated rings. The molecule has 9 nitrogen and oxygen atoms in total. The summed E-state index contributed by atoms with van der Waals surface area (Å²) in [6.07, 6.45) is 3.23. The Balaban J connectivity index is 2.16. The predicted molar refractivity (Wildman–Crippen MR) is 95.9 cm³/mol. The van der Waals surface area contributed by atoms with Gasteiger partial charge in [-0.25, -0.2) is 23.8 Å². The molecule has 0 bridgehead atoms. The van der Waals surface area contributed by atoms with E-state index in [1.807, 2.05) is 13.8 Å². The number of amides is 1. The number of halogens is 1. The number of hydrogen-bond acceptors (Lipinski definition) is 7. The summed E-state index contributed by atoms with van der Waals surface area (Å²) in [5.74, 6) is -0.911. The van der Waals surface area contributed by atoms with Crippen LogP contribution in [0.5, 0.6) is 0 Å². The van der Waals surface area contributed by atoms with E-state index in [0.717, 1.165) is 0 Å². The number of ether oxygens (including phenoxy) is 2. The Morgan fingerprint density at radius 2 is 2.15 bits per heavy atom. The second-order valence-electron chi connectivity index (χ2n) is 4.95. The molecule has 11 heteroatoms. The molecule has 0 aliphatic heterocycles. The predicted octanol–water partition coefficient (Wildman–Crippen LogP) is 2.48. The molecule has 0 spiro atoms. The normalized spacial score (nSPS) is 11.7.